The number of nitrogens with two attached hydrogens (primary N) is 1. The van der Waals surface area contributed by atoms with Crippen LogP contribution in [0.4, 0.5) is 0 Å². The van der Waals surface area contributed by atoms with Crippen molar-refractivity contribution in [1.29, 1.82) is 0 Å². The van der Waals surface area contributed by atoms with Crippen LogP contribution >= 0.6 is 11.8 Å². The van der Waals surface area contributed by atoms with Gasteiger partial charge in [-0.05, 0) is 17.7 Å². The highest BCUT2D eigenvalue weighted by Gasteiger charge is 2.25. The molecule has 2 unspecified atom stereocenters. The van der Waals surface area contributed by atoms with Crippen molar-refractivity contribution in [2.75, 3.05) is 18.6 Å². The average Bonchev–Trinajstić information content (AvgIpc) is 2.65. The predicted octanol–water partition coefficient (Wildman–Crippen LogP) is 1.85. The third-order valence-corrected chi connectivity index (χ3v) is 3.86. The molecule has 0 aliphatic carbocycles. The summed E-state index contributed by atoms with van der Waals surface area (Å²) in [6, 6.07) is 8.53. The van der Waals surface area contributed by atoms with E-state index >= 15 is 0 Å². The highest BCUT2D eigenvalue weighted by molar-refractivity contribution is 7.99. The molecule has 3 heteroatoms. The van der Waals surface area contributed by atoms with Crippen molar-refractivity contribution in [2.45, 2.75) is 12.0 Å². The summed E-state index contributed by atoms with van der Waals surface area (Å²) in [5.41, 5.74) is 7.35. The van der Waals surface area contributed by atoms with Gasteiger partial charge in [-0.15, -0.1) is 0 Å². The van der Waals surface area contributed by atoms with Crippen LogP contribution in [0.25, 0.3) is 0 Å². The van der Waals surface area contributed by atoms with Crippen LogP contribution in [0.1, 0.15) is 11.5 Å². The molecule has 0 aromatic heterocycles. The second kappa shape index (κ2) is 4.24. The molecule has 1 aliphatic heterocycles. The molecular weight excluding hydrogens is 194 g/mol. The second-order valence-electron chi connectivity index (χ2n) is 3.58. The fraction of sp³-hybridized carbons (Fsp3) is 0.455. The van der Waals surface area contributed by atoms with Crippen LogP contribution in [0, 0.1) is 0 Å². The van der Waals surface area contributed by atoms with Gasteiger partial charge in [0.25, 0.3) is 0 Å². The normalized spacial score (nSPS) is 26.4. The molecule has 1 heterocycles. The number of rotatable bonds is 2. The molecule has 0 amide bonds. The van der Waals surface area contributed by atoms with Gasteiger partial charge in [0.05, 0.1) is 7.11 Å². The molecule has 1 fully saturated rings. The fourth-order valence-corrected chi connectivity index (χ4v) is 3.12. The Morgan fingerprint density at radius 3 is 2.93 bits per heavy atom. The van der Waals surface area contributed by atoms with Gasteiger partial charge in [-0.3, -0.25) is 0 Å². The molecule has 0 saturated carbocycles. The Hall–Kier alpha value is -0.670. The molecule has 2 atom stereocenters. The van der Waals surface area contributed by atoms with E-state index in [1.165, 1.54) is 5.56 Å². The van der Waals surface area contributed by atoms with Crippen LogP contribution in [0.5, 0.6) is 5.75 Å². The lowest BCUT2D eigenvalue weighted by Crippen LogP contribution is -2.26. The molecule has 0 bridgehead atoms. The summed E-state index contributed by atoms with van der Waals surface area (Å²) in [5.74, 6) is 3.62. The van der Waals surface area contributed by atoms with Crippen molar-refractivity contribution in [1.82, 2.24) is 0 Å². The third kappa shape index (κ3) is 1.88. The van der Waals surface area contributed by atoms with Crippen LogP contribution in [-0.4, -0.2) is 24.7 Å². The van der Waals surface area contributed by atoms with Crippen molar-refractivity contribution in [3.63, 3.8) is 0 Å². The zero-order chi connectivity index (χ0) is 9.97. The molecule has 1 saturated heterocycles. The molecule has 1 aromatic carbocycles. The van der Waals surface area contributed by atoms with Gasteiger partial charge in [-0.2, -0.15) is 11.8 Å². The van der Waals surface area contributed by atoms with Gasteiger partial charge in [0, 0.05) is 23.5 Å². The van der Waals surface area contributed by atoms with E-state index in [9.17, 15) is 0 Å². The molecule has 2 nitrogen and oxygen atoms in total. The van der Waals surface area contributed by atoms with Gasteiger partial charge < -0.3 is 10.5 Å². The van der Waals surface area contributed by atoms with Gasteiger partial charge >= 0.3 is 0 Å². The topological polar surface area (TPSA) is 35.2 Å². The molecule has 0 radical (unpaired) electrons. The summed E-state index contributed by atoms with van der Waals surface area (Å²) in [4.78, 5) is 0. The lowest BCUT2D eigenvalue weighted by atomic mass is 9.95. The fourth-order valence-electron chi connectivity index (χ4n) is 1.79. The Labute approximate surface area is 88.8 Å². The molecule has 76 valence electrons. The first kappa shape index (κ1) is 9.87. The largest absolute Gasteiger partial charge is 0.497 e. The first-order chi connectivity index (χ1) is 6.81. The molecule has 14 heavy (non-hydrogen) atoms. The number of benzene rings is 1. The first-order valence-electron chi connectivity index (χ1n) is 4.78. The standard InChI is InChI=1S/C11H15NOS/c1-13-9-4-2-3-8(5-9)10-6-14-7-11(10)12/h2-5,10-11H,6-7,12H2,1H3. The summed E-state index contributed by atoms with van der Waals surface area (Å²) in [7, 11) is 1.70. The lowest BCUT2D eigenvalue weighted by Gasteiger charge is -2.15. The minimum atomic E-state index is 0.298. The number of ether oxygens (including phenoxy) is 1. The van der Waals surface area contributed by atoms with E-state index in [1.54, 1.807) is 7.11 Å². The summed E-state index contributed by atoms with van der Waals surface area (Å²) in [5, 5.41) is 0. The van der Waals surface area contributed by atoms with Crippen molar-refractivity contribution < 1.29 is 4.74 Å². The molecular formula is C11H15NOS. The van der Waals surface area contributed by atoms with Gasteiger partial charge in [-0.25, -0.2) is 0 Å². The highest BCUT2D eigenvalue weighted by Crippen LogP contribution is 2.32. The highest BCUT2D eigenvalue weighted by atomic mass is 32.2. The Bertz CT molecular complexity index is 316. The minimum absolute atomic E-state index is 0.298. The number of hydrogen-bond donors (Lipinski definition) is 1. The average molecular weight is 209 g/mol. The number of methoxy groups -OCH3 is 1. The maximum atomic E-state index is 6.04. The van der Waals surface area contributed by atoms with E-state index < -0.39 is 0 Å². The summed E-state index contributed by atoms with van der Waals surface area (Å²) >= 11 is 1.93. The van der Waals surface area contributed by atoms with Gasteiger partial charge in [-0.1, -0.05) is 12.1 Å². The summed E-state index contributed by atoms with van der Waals surface area (Å²) in [6.07, 6.45) is 0. The predicted molar refractivity (Wildman–Crippen MR) is 61.0 cm³/mol. The minimum Gasteiger partial charge on any atom is -0.497 e. The van der Waals surface area contributed by atoms with E-state index in [0.717, 1.165) is 17.3 Å². The van der Waals surface area contributed by atoms with Crippen molar-refractivity contribution in [2.24, 2.45) is 5.73 Å². The third-order valence-electron chi connectivity index (χ3n) is 2.65. The quantitative estimate of drug-likeness (QED) is 0.807. The van der Waals surface area contributed by atoms with Crippen molar-refractivity contribution >= 4 is 11.8 Å². The van der Waals surface area contributed by atoms with E-state index in [0.29, 0.717) is 12.0 Å². The lowest BCUT2D eigenvalue weighted by molar-refractivity contribution is 0.413. The summed E-state index contributed by atoms with van der Waals surface area (Å²) < 4.78 is 5.20. The van der Waals surface area contributed by atoms with Crippen LogP contribution in [0.2, 0.25) is 0 Å². The molecule has 2 N–H and O–H groups in total. The summed E-state index contributed by atoms with van der Waals surface area (Å²) in [6.45, 7) is 0. The zero-order valence-corrected chi connectivity index (χ0v) is 9.09. The second-order valence-corrected chi connectivity index (χ2v) is 4.66. The molecule has 1 aromatic rings. The molecule has 0 spiro atoms. The Morgan fingerprint density at radius 1 is 1.43 bits per heavy atom. The van der Waals surface area contributed by atoms with E-state index in [4.69, 9.17) is 10.5 Å². The monoisotopic (exact) mass is 209 g/mol. The van der Waals surface area contributed by atoms with Crippen molar-refractivity contribution in [3.8, 4) is 5.75 Å². The van der Waals surface area contributed by atoms with Gasteiger partial charge in [0.1, 0.15) is 5.75 Å². The van der Waals surface area contributed by atoms with Crippen LogP contribution < -0.4 is 10.5 Å². The zero-order valence-electron chi connectivity index (χ0n) is 8.27. The van der Waals surface area contributed by atoms with Crippen LogP contribution in [0.15, 0.2) is 24.3 Å². The van der Waals surface area contributed by atoms with E-state index in [1.807, 2.05) is 23.9 Å². The Kier molecular flexibility index (Phi) is 2.99. The number of thioether (sulfide) groups is 1. The van der Waals surface area contributed by atoms with Crippen molar-refractivity contribution in [3.05, 3.63) is 29.8 Å². The van der Waals surface area contributed by atoms with Crippen LogP contribution in [-0.2, 0) is 0 Å². The van der Waals surface area contributed by atoms with Crippen LogP contribution in [0.3, 0.4) is 0 Å². The van der Waals surface area contributed by atoms with Gasteiger partial charge in [0.15, 0.2) is 0 Å². The maximum absolute atomic E-state index is 6.04. The Balaban J connectivity index is 2.22. The maximum Gasteiger partial charge on any atom is 0.119 e. The molecule has 1 aliphatic rings. The van der Waals surface area contributed by atoms with E-state index in [2.05, 4.69) is 12.1 Å². The molecule has 2 rings (SSSR count). The van der Waals surface area contributed by atoms with E-state index in [-0.39, 0.29) is 0 Å². The number of hydrogen-bond acceptors (Lipinski definition) is 3. The SMILES string of the molecule is COc1cccc(C2CSCC2N)c1. The van der Waals surface area contributed by atoms with Gasteiger partial charge in [0.2, 0.25) is 0 Å². The first-order valence-corrected chi connectivity index (χ1v) is 5.94. The Morgan fingerprint density at radius 2 is 2.29 bits per heavy atom. The smallest absolute Gasteiger partial charge is 0.119 e.